The Hall–Kier alpha value is -2.89. The molecule has 4 aromatic carbocycles. The van der Waals surface area contributed by atoms with E-state index in [-0.39, 0.29) is 0 Å². The van der Waals surface area contributed by atoms with Gasteiger partial charge >= 0.3 is 224 Å². The fraction of sp³-hybridized carbons (Fsp3) is 0.171. The molecule has 0 atom stereocenters. The van der Waals surface area contributed by atoms with E-state index < -0.39 is 21.3 Å². The molecule has 0 spiro atoms. The Morgan fingerprint density at radius 1 is 0.639 bits per heavy atom. The van der Waals surface area contributed by atoms with Gasteiger partial charge in [0.15, 0.2) is 0 Å². The Morgan fingerprint density at radius 2 is 1.14 bits per heavy atom. The summed E-state index contributed by atoms with van der Waals surface area (Å²) in [5, 5.41) is 0. The van der Waals surface area contributed by atoms with Crippen LogP contribution in [0.5, 0.6) is 0 Å². The normalized spacial score (nSPS) is 14.5. The average molecular weight is 544 g/mol. The molecule has 0 saturated carbocycles. The van der Waals surface area contributed by atoms with Crippen LogP contribution < -0.4 is 0 Å². The summed E-state index contributed by atoms with van der Waals surface area (Å²) >= 11 is -2.60. The van der Waals surface area contributed by atoms with Crippen LogP contribution in [0, 0.1) is 13.8 Å². The molecule has 0 bridgehead atoms. The molecule has 4 aromatic rings. The van der Waals surface area contributed by atoms with Gasteiger partial charge in [-0.2, -0.15) is 0 Å². The van der Waals surface area contributed by atoms with Gasteiger partial charge in [0.05, 0.1) is 0 Å². The molecule has 2 aliphatic rings. The fourth-order valence-corrected chi connectivity index (χ4v) is 15.5. The van der Waals surface area contributed by atoms with Gasteiger partial charge in [-0.25, -0.2) is 0 Å². The molecule has 0 amide bonds. The third-order valence-electron chi connectivity index (χ3n) is 7.87. The minimum atomic E-state index is -2.60. The molecule has 0 aromatic heterocycles. The van der Waals surface area contributed by atoms with Crippen LogP contribution in [0.2, 0.25) is 0 Å². The zero-order valence-electron chi connectivity index (χ0n) is 21.6. The monoisotopic (exact) mass is 542 g/mol. The van der Waals surface area contributed by atoms with Crippen LogP contribution in [0.4, 0.5) is 0 Å². The van der Waals surface area contributed by atoms with E-state index in [0.717, 1.165) is 6.42 Å². The summed E-state index contributed by atoms with van der Waals surface area (Å²) in [6.07, 6.45) is 3.70. The zero-order valence-corrected chi connectivity index (χ0v) is 24.1. The van der Waals surface area contributed by atoms with E-state index in [4.69, 9.17) is 0 Å². The SMILES string of the molecule is CC1=C(C)C[C]([Zr](=[C](c2ccccc2)c2ccccc2)[CH]2c3cc(C)ccc3-c3ccc(C)cc32)=C1. The number of benzene rings is 4. The molecule has 0 nitrogen and oxygen atoms in total. The predicted molar refractivity (Wildman–Crippen MR) is 150 cm³/mol. The standard InChI is InChI=1S/C15H13.C13H10.C7H9.Zr/c1-10-3-5-14-12(7-10)9-13-8-11(2)4-6-15(13)14;1-3-7-12(8-4-1)11-13-9-5-2-6-10-13;1-6-4-3-5-7(6)2;/h3-9H,1-2H3;1-10H;4H,5H2,1-2H3;. The van der Waals surface area contributed by atoms with Crippen LogP contribution in [0.3, 0.4) is 0 Å². The van der Waals surface area contributed by atoms with E-state index in [2.05, 4.69) is 131 Å². The van der Waals surface area contributed by atoms with Crippen molar-refractivity contribution in [2.75, 3.05) is 0 Å². The fourth-order valence-electron chi connectivity index (χ4n) is 6.02. The summed E-state index contributed by atoms with van der Waals surface area (Å²) < 4.78 is 3.82. The van der Waals surface area contributed by atoms with Gasteiger partial charge in [-0.3, -0.25) is 0 Å². The van der Waals surface area contributed by atoms with Crippen LogP contribution in [0.15, 0.2) is 118 Å². The first-order chi connectivity index (χ1) is 17.5. The summed E-state index contributed by atoms with van der Waals surface area (Å²) in [6.45, 7) is 9.13. The number of aryl methyl sites for hydroxylation is 2. The summed E-state index contributed by atoms with van der Waals surface area (Å²) in [7, 11) is 0. The van der Waals surface area contributed by atoms with E-state index in [0.29, 0.717) is 3.63 Å². The van der Waals surface area contributed by atoms with Crippen LogP contribution in [-0.2, 0) is 21.3 Å². The maximum atomic E-state index is 2.57. The topological polar surface area (TPSA) is 0 Å². The Morgan fingerprint density at radius 3 is 1.58 bits per heavy atom. The molecule has 36 heavy (non-hydrogen) atoms. The molecule has 0 N–H and O–H groups in total. The van der Waals surface area contributed by atoms with Gasteiger partial charge in [-0.15, -0.1) is 0 Å². The van der Waals surface area contributed by atoms with Crippen LogP contribution in [0.1, 0.15) is 57.3 Å². The van der Waals surface area contributed by atoms with E-state index >= 15 is 0 Å². The molecule has 2 aliphatic carbocycles. The second kappa shape index (κ2) is 9.53. The van der Waals surface area contributed by atoms with Gasteiger partial charge in [0.1, 0.15) is 0 Å². The Labute approximate surface area is 223 Å². The first-order valence-corrected chi connectivity index (χ1v) is 16.8. The quantitative estimate of drug-likeness (QED) is 0.241. The minimum absolute atomic E-state index is 0.470. The van der Waals surface area contributed by atoms with Crippen LogP contribution in [-0.4, -0.2) is 3.21 Å². The Kier molecular flexibility index (Phi) is 6.22. The molecule has 0 heterocycles. The third-order valence-corrected chi connectivity index (χ3v) is 16.1. The molecular formula is C35H32Zr. The second-order valence-electron chi connectivity index (χ2n) is 10.4. The summed E-state index contributed by atoms with van der Waals surface area (Å²) in [5.74, 6) is 0. The zero-order chi connectivity index (χ0) is 24.8. The van der Waals surface area contributed by atoms with Gasteiger partial charge in [0.25, 0.3) is 0 Å². The van der Waals surface area contributed by atoms with E-state index in [9.17, 15) is 0 Å². The molecule has 0 aliphatic heterocycles. The van der Waals surface area contributed by atoms with Gasteiger partial charge in [-0.05, 0) is 0 Å². The van der Waals surface area contributed by atoms with Gasteiger partial charge in [0.2, 0.25) is 0 Å². The summed E-state index contributed by atoms with van der Waals surface area (Å²) in [5.41, 5.74) is 14.5. The molecule has 6 rings (SSSR count). The van der Waals surface area contributed by atoms with Crippen molar-refractivity contribution in [3.8, 4) is 11.1 Å². The third kappa shape index (κ3) is 4.08. The summed E-state index contributed by atoms with van der Waals surface area (Å²) in [6, 6.07) is 36.8. The van der Waals surface area contributed by atoms with E-state index in [1.165, 1.54) is 44.5 Å². The van der Waals surface area contributed by atoms with Crippen molar-refractivity contribution >= 4 is 3.21 Å². The van der Waals surface area contributed by atoms with Crippen molar-refractivity contribution in [3.05, 3.63) is 151 Å². The van der Waals surface area contributed by atoms with Crippen molar-refractivity contribution in [3.63, 3.8) is 0 Å². The second-order valence-corrected chi connectivity index (χ2v) is 16.7. The van der Waals surface area contributed by atoms with Crippen LogP contribution in [0.25, 0.3) is 11.1 Å². The Bertz CT molecular complexity index is 1470. The van der Waals surface area contributed by atoms with Crippen LogP contribution >= 0.6 is 0 Å². The van der Waals surface area contributed by atoms with Crippen molar-refractivity contribution in [2.24, 2.45) is 0 Å². The molecular weight excluding hydrogens is 512 g/mol. The molecule has 0 fully saturated rings. The predicted octanol–water partition coefficient (Wildman–Crippen LogP) is 8.88. The van der Waals surface area contributed by atoms with Gasteiger partial charge in [-0.1, -0.05) is 0 Å². The molecule has 0 radical (unpaired) electrons. The van der Waals surface area contributed by atoms with E-state index in [1.54, 1.807) is 17.6 Å². The number of rotatable bonds is 4. The number of fused-ring (bicyclic) bond motifs is 3. The average Bonchev–Trinajstić information content (AvgIpc) is 3.38. The number of allylic oxidation sites excluding steroid dienone is 4. The number of hydrogen-bond acceptors (Lipinski definition) is 0. The van der Waals surface area contributed by atoms with Crippen molar-refractivity contribution in [2.45, 2.75) is 37.7 Å². The summed E-state index contributed by atoms with van der Waals surface area (Å²) in [4.78, 5) is 0. The maximum absolute atomic E-state index is 2.60. The first kappa shape index (κ1) is 23.5. The molecule has 0 unspecified atom stereocenters. The van der Waals surface area contributed by atoms with Crippen molar-refractivity contribution in [1.29, 1.82) is 0 Å². The molecule has 0 saturated heterocycles. The first-order valence-electron chi connectivity index (χ1n) is 12.9. The number of hydrogen-bond donors (Lipinski definition) is 0. The molecule has 1 heteroatoms. The van der Waals surface area contributed by atoms with Crippen molar-refractivity contribution < 1.29 is 21.3 Å². The Balaban J connectivity index is 1.74. The van der Waals surface area contributed by atoms with Gasteiger partial charge in [0, 0.05) is 0 Å². The van der Waals surface area contributed by atoms with Crippen molar-refractivity contribution in [1.82, 2.24) is 0 Å². The van der Waals surface area contributed by atoms with Gasteiger partial charge < -0.3 is 0 Å². The van der Waals surface area contributed by atoms with E-state index in [1.807, 2.05) is 0 Å². The molecule has 176 valence electrons.